The molecular formula is C19H18N4O3S2. The maximum Gasteiger partial charge on any atom is 0.419 e. The molecule has 0 saturated carbocycles. The molecular weight excluding hydrogens is 396 g/mol. The van der Waals surface area contributed by atoms with Gasteiger partial charge in [0.05, 0.1) is 16.6 Å². The van der Waals surface area contributed by atoms with Crippen LogP contribution >= 0.6 is 22.7 Å². The minimum absolute atomic E-state index is 0.231. The summed E-state index contributed by atoms with van der Waals surface area (Å²) in [6.45, 7) is 1.22. The summed E-state index contributed by atoms with van der Waals surface area (Å²) in [6.07, 6.45) is 1.58. The number of aromatic nitrogens is 2. The molecule has 4 rings (SSSR count). The smallest absolute Gasteiger partial charge is 0.408 e. The number of nitrogens with one attached hydrogen (secondary N) is 1. The Bertz CT molecular complexity index is 1170. The molecule has 0 spiro atoms. The van der Waals surface area contributed by atoms with E-state index in [1.54, 1.807) is 40.3 Å². The molecule has 1 N–H and O–H groups in total. The molecule has 0 unspecified atom stereocenters. The molecule has 4 aromatic rings. The fraction of sp³-hybridized carbons (Fsp3) is 0.211. The van der Waals surface area contributed by atoms with Crippen LogP contribution in [0.15, 0.2) is 51.1 Å². The molecule has 7 nitrogen and oxygen atoms in total. The van der Waals surface area contributed by atoms with Crippen molar-refractivity contribution in [2.45, 2.75) is 6.54 Å². The quantitative estimate of drug-likeness (QED) is 0.521. The number of carbonyl (C=O) groups excluding carboxylic acids is 1. The molecule has 0 aliphatic rings. The van der Waals surface area contributed by atoms with E-state index < -0.39 is 5.76 Å². The SMILES string of the molecule is CN(C)CCn1c(=O)oc2ccc(NC(=O)c3cnc(-c4cccs4)s3)cc21. The summed E-state index contributed by atoms with van der Waals surface area (Å²) in [7, 11) is 3.89. The molecule has 28 heavy (non-hydrogen) atoms. The highest BCUT2D eigenvalue weighted by Gasteiger charge is 2.15. The molecule has 3 aromatic heterocycles. The molecule has 1 aromatic carbocycles. The fourth-order valence-electron chi connectivity index (χ4n) is 2.74. The monoisotopic (exact) mass is 414 g/mol. The summed E-state index contributed by atoms with van der Waals surface area (Å²) in [5.74, 6) is -0.631. The largest absolute Gasteiger partial charge is 0.419 e. The van der Waals surface area contributed by atoms with Crippen LogP contribution in [0.5, 0.6) is 0 Å². The van der Waals surface area contributed by atoms with Crippen molar-refractivity contribution in [2.75, 3.05) is 26.0 Å². The third-order valence-electron chi connectivity index (χ3n) is 4.16. The molecule has 3 heterocycles. The summed E-state index contributed by atoms with van der Waals surface area (Å²) in [6, 6.07) is 9.11. The Balaban J connectivity index is 1.56. The Morgan fingerprint density at radius 1 is 1.32 bits per heavy atom. The van der Waals surface area contributed by atoms with Gasteiger partial charge in [-0.2, -0.15) is 0 Å². The lowest BCUT2D eigenvalue weighted by molar-refractivity contribution is 0.103. The number of nitrogens with zero attached hydrogens (tertiary/aromatic N) is 3. The average Bonchev–Trinajstić information content (AvgIpc) is 3.39. The Morgan fingerprint density at radius 2 is 2.18 bits per heavy atom. The Hall–Kier alpha value is -2.75. The van der Waals surface area contributed by atoms with Crippen LogP contribution in [-0.4, -0.2) is 41.0 Å². The second-order valence-electron chi connectivity index (χ2n) is 6.47. The first kappa shape index (κ1) is 18.6. The second kappa shape index (κ2) is 7.70. The molecule has 0 fully saturated rings. The van der Waals surface area contributed by atoms with Crippen LogP contribution in [0.2, 0.25) is 0 Å². The maximum absolute atomic E-state index is 12.6. The van der Waals surface area contributed by atoms with Crippen molar-refractivity contribution in [2.24, 2.45) is 0 Å². The zero-order chi connectivity index (χ0) is 19.7. The Labute approximate surface area is 168 Å². The van der Waals surface area contributed by atoms with Crippen molar-refractivity contribution >= 4 is 45.4 Å². The van der Waals surface area contributed by atoms with Gasteiger partial charge in [-0.25, -0.2) is 9.78 Å². The van der Waals surface area contributed by atoms with Gasteiger partial charge in [0.15, 0.2) is 5.58 Å². The van der Waals surface area contributed by atoms with Crippen molar-refractivity contribution in [1.82, 2.24) is 14.5 Å². The molecule has 9 heteroatoms. The predicted molar refractivity (Wildman–Crippen MR) is 112 cm³/mol. The Morgan fingerprint density at radius 3 is 2.93 bits per heavy atom. The van der Waals surface area contributed by atoms with Gasteiger partial charge in [0.25, 0.3) is 5.91 Å². The fourth-order valence-corrected chi connectivity index (χ4v) is 4.35. The third-order valence-corrected chi connectivity index (χ3v) is 6.19. The van der Waals surface area contributed by atoms with Crippen LogP contribution in [0.1, 0.15) is 9.67 Å². The van der Waals surface area contributed by atoms with Crippen molar-refractivity contribution < 1.29 is 9.21 Å². The van der Waals surface area contributed by atoms with Gasteiger partial charge >= 0.3 is 5.76 Å². The van der Waals surface area contributed by atoms with E-state index in [0.717, 1.165) is 9.88 Å². The summed E-state index contributed by atoms with van der Waals surface area (Å²) in [5.41, 5.74) is 1.76. The number of likely N-dealkylation sites (N-methyl/N-ethyl adjacent to an activating group) is 1. The van der Waals surface area contributed by atoms with E-state index in [1.807, 2.05) is 36.5 Å². The maximum atomic E-state index is 12.6. The van der Waals surface area contributed by atoms with Gasteiger partial charge < -0.3 is 14.6 Å². The zero-order valence-corrected chi connectivity index (χ0v) is 17.0. The lowest BCUT2D eigenvalue weighted by Gasteiger charge is -2.09. The number of carbonyl (C=O) groups is 1. The summed E-state index contributed by atoms with van der Waals surface area (Å²) < 4.78 is 6.87. The van der Waals surface area contributed by atoms with E-state index >= 15 is 0 Å². The number of hydrogen-bond donors (Lipinski definition) is 1. The van der Waals surface area contributed by atoms with Crippen molar-refractivity contribution in [3.05, 3.63) is 57.3 Å². The van der Waals surface area contributed by atoms with Crippen molar-refractivity contribution in [1.29, 1.82) is 0 Å². The molecule has 0 atom stereocenters. The molecule has 0 radical (unpaired) electrons. The second-order valence-corrected chi connectivity index (χ2v) is 8.44. The van der Waals surface area contributed by atoms with E-state index in [9.17, 15) is 9.59 Å². The van der Waals surface area contributed by atoms with Crippen LogP contribution in [0, 0.1) is 0 Å². The number of hydrogen-bond acceptors (Lipinski definition) is 7. The van der Waals surface area contributed by atoms with Crippen LogP contribution in [0.3, 0.4) is 0 Å². The highest BCUT2D eigenvalue weighted by Crippen LogP contribution is 2.29. The number of thiazole rings is 1. The molecule has 144 valence electrons. The van der Waals surface area contributed by atoms with E-state index in [1.165, 1.54) is 11.3 Å². The molecule has 1 amide bonds. The summed E-state index contributed by atoms with van der Waals surface area (Å²) in [4.78, 5) is 32.6. The molecule has 0 aliphatic heterocycles. The zero-order valence-electron chi connectivity index (χ0n) is 15.3. The molecule has 0 aliphatic carbocycles. The standard InChI is InChI=1S/C19H18N4O3S2/c1-22(2)7-8-23-13-10-12(5-6-14(13)26-19(23)25)21-17(24)16-11-20-18(28-16)15-4-3-9-27-15/h3-6,9-11H,7-8H2,1-2H3,(H,21,24). The number of oxazole rings is 1. The van der Waals surface area contributed by atoms with E-state index in [0.29, 0.717) is 34.8 Å². The van der Waals surface area contributed by atoms with Crippen LogP contribution in [0.25, 0.3) is 21.0 Å². The number of thiophene rings is 1. The topological polar surface area (TPSA) is 80.4 Å². The van der Waals surface area contributed by atoms with Gasteiger partial charge in [0.1, 0.15) is 9.88 Å². The molecule has 0 saturated heterocycles. The van der Waals surface area contributed by atoms with Gasteiger partial charge in [-0.1, -0.05) is 6.07 Å². The van der Waals surface area contributed by atoms with E-state index in [2.05, 4.69) is 10.3 Å². The molecule has 0 bridgehead atoms. The highest BCUT2D eigenvalue weighted by atomic mass is 32.1. The number of fused-ring (bicyclic) bond motifs is 1. The lowest BCUT2D eigenvalue weighted by Crippen LogP contribution is -2.23. The van der Waals surface area contributed by atoms with E-state index in [4.69, 9.17) is 4.42 Å². The van der Waals surface area contributed by atoms with Crippen LogP contribution in [-0.2, 0) is 6.54 Å². The normalized spacial score (nSPS) is 11.4. The van der Waals surface area contributed by atoms with Crippen molar-refractivity contribution in [3.63, 3.8) is 0 Å². The average molecular weight is 415 g/mol. The first-order valence-electron chi connectivity index (χ1n) is 8.60. The number of rotatable bonds is 6. The minimum Gasteiger partial charge on any atom is -0.408 e. The first-order chi connectivity index (χ1) is 13.5. The number of amides is 1. The minimum atomic E-state index is -0.400. The Kier molecular flexibility index (Phi) is 5.12. The number of benzene rings is 1. The summed E-state index contributed by atoms with van der Waals surface area (Å²) in [5, 5.41) is 5.68. The van der Waals surface area contributed by atoms with Crippen LogP contribution < -0.4 is 11.1 Å². The van der Waals surface area contributed by atoms with Crippen LogP contribution in [0.4, 0.5) is 5.69 Å². The van der Waals surface area contributed by atoms with E-state index in [-0.39, 0.29) is 5.91 Å². The summed E-state index contributed by atoms with van der Waals surface area (Å²) >= 11 is 2.94. The third kappa shape index (κ3) is 3.77. The predicted octanol–water partition coefficient (Wildman–Crippen LogP) is 3.59. The number of anilines is 1. The van der Waals surface area contributed by atoms with Crippen molar-refractivity contribution in [3.8, 4) is 9.88 Å². The van der Waals surface area contributed by atoms with Gasteiger partial charge in [-0.15, -0.1) is 22.7 Å². The first-order valence-corrected chi connectivity index (χ1v) is 10.3. The van der Waals surface area contributed by atoms with Gasteiger partial charge in [-0.3, -0.25) is 9.36 Å². The van der Waals surface area contributed by atoms with Gasteiger partial charge in [0, 0.05) is 18.8 Å². The highest BCUT2D eigenvalue weighted by molar-refractivity contribution is 7.22. The lowest BCUT2D eigenvalue weighted by atomic mass is 10.2. The van der Waals surface area contributed by atoms with Gasteiger partial charge in [0.2, 0.25) is 0 Å². The van der Waals surface area contributed by atoms with Gasteiger partial charge in [-0.05, 0) is 43.7 Å².